The fourth-order valence-electron chi connectivity index (χ4n) is 3.24. The van der Waals surface area contributed by atoms with E-state index in [-0.39, 0.29) is 0 Å². The number of carboxylic acid groups (broad SMARTS) is 1. The Morgan fingerprint density at radius 1 is 0.680 bits per heavy atom. The fraction of sp³-hybridized carbons (Fsp3) is 0.913. The summed E-state index contributed by atoms with van der Waals surface area (Å²) in [7, 11) is 0. The van der Waals surface area contributed by atoms with Gasteiger partial charge in [0.1, 0.15) is 0 Å². The lowest BCUT2D eigenvalue weighted by Gasteiger charge is -2.17. The molecule has 2 heteroatoms. The van der Waals surface area contributed by atoms with E-state index in [4.69, 9.17) is 5.11 Å². The van der Waals surface area contributed by atoms with Crippen molar-refractivity contribution in [3.8, 4) is 0 Å². The van der Waals surface area contributed by atoms with Crippen LogP contribution < -0.4 is 0 Å². The Balaban J connectivity index is 3.13. The van der Waals surface area contributed by atoms with Crippen molar-refractivity contribution in [1.82, 2.24) is 0 Å². The van der Waals surface area contributed by atoms with Crippen molar-refractivity contribution in [3.63, 3.8) is 0 Å². The maximum Gasteiger partial charge on any atom is 0.309 e. The summed E-state index contributed by atoms with van der Waals surface area (Å²) in [6.07, 6.45) is 24.9. The SMILES string of the molecule is CCCCCCCCCCCCCCCCCC[CH]C(C)(C)C(=O)O. The van der Waals surface area contributed by atoms with Gasteiger partial charge in [-0.1, -0.05) is 110 Å². The minimum Gasteiger partial charge on any atom is -0.481 e. The van der Waals surface area contributed by atoms with Gasteiger partial charge in [-0.3, -0.25) is 4.79 Å². The van der Waals surface area contributed by atoms with Crippen LogP contribution in [-0.4, -0.2) is 11.1 Å². The topological polar surface area (TPSA) is 37.3 Å². The van der Waals surface area contributed by atoms with Crippen LogP contribution >= 0.6 is 0 Å². The van der Waals surface area contributed by atoms with Gasteiger partial charge in [0, 0.05) is 0 Å². The van der Waals surface area contributed by atoms with E-state index in [1.807, 2.05) is 6.42 Å². The molecular formula is C23H45O2. The van der Waals surface area contributed by atoms with Crippen LogP contribution in [0.25, 0.3) is 0 Å². The molecule has 0 bridgehead atoms. The molecule has 2 nitrogen and oxygen atoms in total. The minimum atomic E-state index is -0.719. The van der Waals surface area contributed by atoms with Gasteiger partial charge >= 0.3 is 5.97 Å². The Morgan fingerprint density at radius 2 is 1.00 bits per heavy atom. The summed E-state index contributed by atoms with van der Waals surface area (Å²) in [6.45, 7) is 5.84. The summed E-state index contributed by atoms with van der Waals surface area (Å²) in [5.74, 6) is -0.719. The van der Waals surface area contributed by atoms with E-state index in [1.165, 1.54) is 96.3 Å². The predicted octanol–water partition coefficient (Wildman–Crippen LogP) is 7.95. The molecule has 25 heavy (non-hydrogen) atoms. The van der Waals surface area contributed by atoms with Crippen molar-refractivity contribution in [2.45, 2.75) is 130 Å². The molecule has 1 radical (unpaired) electrons. The normalized spacial score (nSPS) is 11.8. The third-order valence-electron chi connectivity index (χ3n) is 5.26. The number of hydrogen-bond acceptors (Lipinski definition) is 1. The van der Waals surface area contributed by atoms with Crippen LogP contribution in [0.2, 0.25) is 0 Å². The van der Waals surface area contributed by atoms with E-state index in [9.17, 15) is 4.79 Å². The molecule has 0 aromatic carbocycles. The second-order valence-corrected chi connectivity index (χ2v) is 8.32. The minimum absolute atomic E-state index is 0.671. The van der Waals surface area contributed by atoms with Crippen molar-refractivity contribution in [1.29, 1.82) is 0 Å². The van der Waals surface area contributed by atoms with E-state index in [1.54, 1.807) is 13.8 Å². The Bertz CT molecular complexity index is 296. The third kappa shape index (κ3) is 16.7. The van der Waals surface area contributed by atoms with Crippen LogP contribution in [0, 0.1) is 11.8 Å². The fourth-order valence-corrected chi connectivity index (χ4v) is 3.24. The van der Waals surface area contributed by atoms with Gasteiger partial charge in [0.05, 0.1) is 5.41 Å². The van der Waals surface area contributed by atoms with Gasteiger partial charge in [0.25, 0.3) is 0 Å². The number of rotatable bonds is 19. The number of carbonyl (C=O) groups is 1. The molecule has 0 rings (SSSR count). The Morgan fingerprint density at radius 3 is 1.32 bits per heavy atom. The van der Waals surface area contributed by atoms with Gasteiger partial charge in [-0.25, -0.2) is 0 Å². The van der Waals surface area contributed by atoms with Crippen LogP contribution in [0.1, 0.15) is 130 Å². The number of hydrogen-bond donors (Lipinski definition) is 1. The number of aliphatic carboxylic acids is 1. The molecule has 0 spiro atoms. The Labute approximate surface area is 158 Å². The van der Waals surface area contributed by atoms with E-state index < -0.39 is 11.4 Å². The van der Waals surface area contributed by atoms with E-state index >= 15 is 0 Å². The molecule has 0 aliphatic rings. The molecule has 0 fully saturated rings. The molecule has 0 aliphatic heterocycles. The van der Waals surface area contributed by atoms with Crippen molar-refractivity contribution in [2.24, 2.45) is 5.41 Å². The highest BCUT2D eigenvalue weighted by atomic mass is 16.4. The molecule has 0 saturated carbocycles. The first kappa shape index (κ1) is 24.5. The summed E-state index contributed by atoms with van der Waals surface area (Å²) in [5.41, 5.74) is -0.671. The molecule has 0 aromatic rings. The summed E-state index contributed by atoms with van der Waals surface area (Å²) in [6, 6.07) is 0. The molecule has 0 aliphatic carbocycles. The van der Waals surface area contributed by atoms with Crippen molar-refractivity contribution >= 4 is 5.97 Å². The molecule has 0 amide bonds. The monoisotopic (exact) mass is 353 g/mol. The highest BCUT2D eigenvalue weighted by molar-refractivity contribution is 5.75. The Hall–Kier alpha value is -0.530. The van der Waals surface area contributed by atoms with Crippen molar-refractivity contribution in [2.75, 3.05) is 0 Å². The zero-order chi connectivity index (χ0) is 18.8. The van der Waals surface area contributed by atoms with Gasteiger partial charge in [-0.05, 0) is 26.7 Å². The van der Waals surface area contributed by atoms with E-state index in [0.717, 1.165) is 12.8 Å². The highest BCUT2D eigenvalue weighted by Gasteiger charge is 2.26. The van der Waals surface area contributed by atoms with Gasteiger partial charge in [0.15, 0.2) is 0 Å². The molecule has 0 saturated heterocycles. The zero-order valence-corrected chi connectivity index (χ0v) is 17.5. The van der Waals surface area contributed by atoms with Crippen LogP contribution in [0.3, 0.4) is 0 Å². The molecule has 0 heterocycles. The third-order valence-corrected chi connectivity index (χ3v) is 5.26. The summed E-state index contributed by atoms with van der Waals surface area (Å²) in [4.78, 5) is 11.0. The summed E-state index contributed by atoms with van der Waals surface area (Å²) >= 11 is 0. The van der Waals surface area contributed by atoms with Crippen LogP contribution in [0.5, 0.6) is 0 Å². The quantitative estimate of drug-likeness (QED) is 0.239. The molecule has 149 valence electrons. The molecule has 0 atom stereocenters. The predicted molar refractivity (Wildman–Crippen MR) is 110 cm³/mol. The van der Waals surface area contributed by atoms with Gasteiger partial charge in [-0.2, -0.15) is 0 Å². The van der Waals surface area contributed by atoms with Crippen molar-refractivity contribution < 1.29 is 9.90 Å². The van der Waals surface area contributed by atoms with Crippen LogP contribution in [0.4, 0.5) is 0 Å². The number of unbranched alkanes of at least 4 members (excludes halogenated alkanes) is 16. The first-order chi connectivity index (χ1) is 12.0. The summed E-state index contributed by atoms with van der Waals surface area (Å²) in [5, 5.41) is 9.04. The maximum atomic E-state index is 11.0. The summed E-state index contributed by atoms with van der Waals surface area (Å²) < 4.78 is 0. The lowest BCUT2D eigenvalue weighted by molar-refractivity contribution is -0.145. The van der Waals surface area contributed by atoms with Gasteiger partial charge in [-0.15, -0.1) is 0 Å². The number of carboxylic acids is 1. The molecule has 1 N–H and O–H groups in total. The van der Waals surface area contributed by atoms with E-state index in [2.05, 4.69) is 6.92 Å². The average Bonchev–Trinajstić information content (AvgIpc) is 2.57. The second-order valence-electron chi connectivity index (χ2n) is 8.32. The smallest absolute Gasteiger partial charge is 0.309 e. The van der Waals surface area contributed by atoms with Crippen LogP contribution in [-0.2, 0) is 4.79 Å². The van der Waals surface area contributed by atoms with Crippen molar-refractivity contribution in [3.05, 3.63) is 6.42 Å². The first-order valence-corrected chi connectivity index (χ1v) is 11.1. The van der Waals surface area contributed by atoms with Gasteiger partial charge in [0.2, 0.25) is 0 Å². The second kappa shape index (κ2) is 16.9. The molecule has 0 unspecified atom stereocenters. The lowest BCUT2D eigenvalue weighted by Crippen LogP contribution is -2.23. The highest BCUT2D eigenvalue weighted by Crippen LogP contribution is 2.23. The standard InChI is InChI=1S/C23H45O2/c1-4-5-6-7-8-9-10-11-12-13-14-15-16-17-18-19-20-21-23(2,3)22(24)25/h21H,4-20H2,1-3H3,(H,24,25). The maximum absolute atomic E-state index is 11.0. The van der Waals surface area contributed by atoms with E-state index in [0.29, 0.717) is 0 Å². The molecule has 0 aromatic heterocycles. The Kier molecular flexibility index (Phi) is 16.6. The lowest BCUT2D eigenvalue weighted by atomic mass is 9.87. The first-order valence-electron chi connectivity index (χ1n) is 11.1. The van der Waals surface area contributed by atoms with Gasteiger partial charge < -0.3 is 5.11 Å². The zero-order valence-electron chi connectivity index (χ0n) is 17.5. The average molecular weight is 354 g/mol. The molecular weight excluding hydrogens is 308 g/mol. The largest absolute Gasteiger partial charge is 0.481 e. The van der Waals surface area contributed by atoms with Crippen LogP contribution in [0.15, 0.2) is 0 Å².